The first-order chi connectivity index (χ1) is 8.61. The highest BCUT2D eigenvalue weighted by Gasteiger charge is 2.06. The molecule has 0 unspecified atom stereocenters. The highest BCUT2D eigenvalue weighted by molar-refractivity contribution is 5.89. The van der Waals surface area contributed by atoms with Gasteiger partial charge in [-0.1, -0.05) is 12.1 Å². The van der Waals surface area contributed by atoms with Crippen molar-refractivity contribution < 1.29 is 14.6 Å². The van der Waals surface area contributed by atoms with Gasteiger partial charge in [-0.25, -0.2) is 4.79 Å². The van der Waals surface area contributed by atoms with Crippen LogP contribution in [0.4, 0.5) is 5.69 Å². The summed E-state index contributed by atoms with van der Waals surface area (Å²) in [6, 6.07) is 12.0. The Hall–Kier alpha value is -2.49. The number of carboxylic acids is 1. The number of methoxy groups -OCH3 is 1. The monoisotopic (exact) mass is 243 g/mol. The number of aromatic carboxylic acids is 1. The summed E-state index contributed by atoms with van der Waals surface area (Å²) in [5, 5.41) is 8.83. The summed E-state index contributed by atoms with van der Waals surface area (Å²) < 4.78 is 5.08. The molecule has 0 aliphatic rings. The molecule has 18 heavy (non-hydrogen) atoms. The summed E-state index contributed by atoms with van der Waals surface area (Å²) in [6.45, 7) is 0. The van der Waals surface area contributed by atoms with Crippen LogP contribution in [0.3, 0.4) is 0 Å². The van der Waals surface area contributed by atoms with E-state index in [-0.39, 0.29) is 5.56 Å². The maximum absolute atomic E-state index is 10.8. The van der Waals surface area contributed by atoms with Crippen molar-refractivity contribution in [2.45, 2.75) is 0 Å². The minimum absolute atomic E-state index is 0.255. The van der Waals surface area contributed by atoms with Gasteiger partial charge < -0.3 is 15.6 Å². The smallest absolute Gasteiger partial charge is 0.335 e. The molecule has 0 bridgehead atoms. The van der Waals surface area contributed by atoms with E-state index in [1.807, 2.05) is 12.1 Å². The van der Waals surface area contributed by atoms with E-state index in [2.05, 4.69) is 0 Å². The zero-order chi connectivity index (χ0) is 13.1. The highest BCUT2D eigenvalue weighted by atomic mass is 16.5. The molecule has 2 aromatic rings. The van der Waals surface area contributed by atoms with Crippen LogP contribution in [0, 0.1) is 0 Å². The Morgan fingerprint density at radius 2 is 1.83 bits per heavy atom. The van der Waals surface area contributed by atoms with Gasteiger partial charge in [0.25, 0.3) is 0 Å². The van der Waals surface area contributed by atoms with Crippen LogP contribution >= 0.6 is 0 Å². The fraction of sp³-hybridized carbons (Fsp3) is 0.0714. The number of carbonyl (C=O) groups is 1. The molecule has 2 rings (SSSR count). The maximum Gasteiger partial charge on any atom is 0.335 e. The van der Waals surface area contributed by atoms with E-state index in [0.29, 0.717) is 11.4 Å². The van der Waals surface area contributed by atoms with Crippen molar-refractivity contribution in [3.05, 3.63) is 48.0 Å². The fourth-order valence-electron chi connectivity index (χ4n) is 1.72. The van der Waals surface area contributed by atoms with Gasteiger partial charge in [0.1, 0.15) is 5.75 Å². The fourth-order valence-corrected chi connectivity index (χ4v) is 1.72. The van der Waals surface area contributed by atoms with Crippen LogP contribution in [0.1, 0.15) is 10.4 Å². The number of anilines is 1. The molecule has 4 heteroatoms. The lowest BCUT2D eigenvalue weighted by Gasteiger charge is -2.08. The normalized spacial score (nSPS) is 10.1. The third kappa shape index (κ3) is 2.27. The lowest BCUT2D eigenvalue weighted by Crippen LogP contribution is -1.96. The van der Waals surface area contributed by atoms with Crippen molar-refractivity contribution in [2.24, 2.45) is 0 Å². The molecule has 0 aliphatic carbocycles. The Bertz CT molecular complexity index is 576. The van der Waals surface area contributed by atoms with Crippen LogP contribution in [0.5, 0.6) is 5.75 Å². The number of hydrogen-bond acceptors (Lipinski definition) is 3. The first-order valence-corrected chi connectivity index (χ1v) is 5.39. The van der Waals surface area contributed by atoms with E-state index >= 15 is 0 Å². The van der Waals surface area contributed by atoms with E-state index in [9.17, 15) is 4.79 Å². The summed E-state index contributed by atoms with van der Waals surface area (Å²) in [7, 11) is 1.58. The largest absolute Gasteiger partial charge is 0.497 e. The van der Waals surface area contributed by atoms with Gasteiger partial charge in [0.05, 0.1) is 12.7 Å². The van der Waals surface area contributed by atoms with E-state index in [4.69, 9.17) is 15.6 Å². The summed E-state index contributed by atoms with van der Waals surface area (Å²) in [4.78, 5) is 10.8. The van der Waals surface area contributed by atoms with Crippen LogP contribution < -0.4 is 10.5 Å². The zero-order valence-electron chi connectivity index (χ0n) is 9.88. The van der Waals surface area contributed by atoms with E-state index in [0.717, 1.165) is 11.1 Å². The van der Waals surface area contributed by atoms with Crippen molar-refractivity contribution >= 4 is 11.7 Å². The van der Waals surface area contributed by atoms with Gasteiger partial charge in [0.15, 0.2) is 0 Å². The van der Waals surface area contributed by atoms with Crippen molar-refractivity contribution in [1.82, 2.24) is 0 Å². The number of rotatable bonds is 3. The molecule has 0 fully saturated rings. The second kappa shape index (κ2) is 4.79. The van der Waals surface area contributed by atoms with Gasteiger partial charge in [0, 0.05) is 17.3 Å². The summed E-state index contributed by atoms with van der Waals surface area (Å²) in [6.07, 6.45) is 0. The lowest BCUT2D eigenvalue weighted by molar-refractivity contribution is 0.0697. The number of benzene rings is 2. The van der Waals surface area contributed by atoms with Crippen LogP contribution in [-0.2, 0) is 0 Å². The molecule has 0 aromatic heterocycles. The summed E-state index contributed by atoms with van der Waals surface area (Å²) in [5.41, 5.74) is 8.51. The van der Waals surface area contributed by atoms with Crippen molar-refractivity contribution in [3.8, 4) is 16.9 Å². The number of carboxylic acid groups (broad SMARTS) is 1. The number of hydrogen-bond donors (Lipinski definition) is 2. The molecular weight excluding hydrogens is 230 g/mol. The Labute approximate surface area is 105 Å². The Morgan fingerprint density at radius 3 is 2.33 bits per heavy atom. The number of nitrogens with two attached hydrogens (primary N) is 1. The molecule has 0 saturated heterocycles. The van der Waals surface area contributed by atoms with Crippen LogP contribution in [0.25, 0.3) is 11.1 Å². The summed E-state index contributed by atoms with van der Waals surface area (Å²) in [5.74, 6) is -0.248. The molecule has 0 heterocycles. The van der Waals surface area contributed by atoms with Gasteiger partial charge >= 0.3 is 5.97 Å². The molecule has 92 valence electrons. The third-order valence-corrected chi connectivity index (χ3v) is 2.70. The number of ether oxygens (including phenoxy) is 1. The average Bonchev–Trinajstić information content (AvgIpc) is 2.38. The molecule has 3 N–H and O–H groups in total. The molecular formula is C14H13NO3. The zero-order valence-corrected chi connectivity index (χ0v) is 9.88. The molecule has 4 nitrogen and oxygen atoms in total. The van der Waals surface area contributed by atoms with Gasteiger partial charge in [-0.05, 0) is 29.8 Å². The van der Waals surface area contributed by atoms with E-state index < -0.39 is 5.97 Å². The van der Waals surface area contributed by atoms with E-state index in [1.54, 1.807) is 37.4 Å². The standard InChI is InChI=1S/C14H13NO3/c1-18-11-6-7-12(13(15)8-11)9-2-4-10(5-3-9)14(16)17/h2-8H,15H2,1H3,(H,16,17). The minimum atomic E-state index is -0.941. The molecule has 0 atom stereocenters. The molecule has 0 aliphatic heterocycles. The van der Waals surface area contributed by atoms with Crippen LogP contribution in [0.2, 0.25) is 0 Å². The predicted molar refractivity (Wildman–Crippen MR) is 69.8 cm³/mol. The van der Waals surface area contributed by atoms with E-state index in [1.165, 1.54) is 0 Å². The van der Waals surface area contributed by atoms with Gasteiger partial charge in [-0.15, -0.1) is 0 Å². The molecule has 0 saturated carbocycles. The Morgan fingerprint density at radius 1 is 1.17 bits per heavy atom. The Kier molecular flexibility index (Phi) is 3.19. The SMILES string of the molecule is COc1ccc(-c2ccc(C(=O)O)cc2)c(N)c1. The third-order valence-electron chi connectivity index (χ3n) is 2.70. The maximum atomic E-state index is 10.8. The predicted octanol–water partition coefficient (Wildman–Crippen LogP) is 2.64. The van der Waals surface area contributed by atoms with Gasteiger partial charge in [0.2, 0.25) is 0 Å². The van der Waals surface area contributed by atoms with Gasteiger partial charge in [-0.2, -0.15) is 0 Å². The number of nitrogen functional groups attached to an aromatic ring is 1. The average molecular weight is 243 g/mol. The highest BCUT2D eigenvalue weighted by Crippen LogP contribution is 2.29. The van der Waals surface area contributed by atoms with Crippen molar-refractivity contribution in [2.75, 3.05) is 12.8 Å². The van der Waals surface area contributed by atoms with Crippen LogP contribution in [0.15, 0.2) is 42.5 Å². The summed E-state index contributed by atoms with van der Waals surface area (Å²) >= 11 is 0. The first kappa shape index (κ1) is 12.0. The Balaban J connectivity index is 2.39. The van der Waals surface area contributed by atoms with Crippen molar-refractivity contribution in [1.29, 1.82) is 0 Å². The first-order valence-electron chi connectivity index (χ1n) is 5.39. The lowest BCUT2D eigenvalue weighted by atomic mass is 10.0. The molecule has 0 spiro atoms. The quantitative estimate of drug-likeness (QED) is 0.813. The molecule has 2 aromatic carbocycles. The van der Waals surface area contributed by atoms with Gasteiger partial charge in [-0.3, -0.25) is 0 Å². The molecule has 0 amide bonds. The topological polar surface area (TPSA) is 72.5 Å². The van der Waals surface area contributed by atoms with Crippen molar-refractivity contribution in [3.63, 3.8) is 0 Å². The second-order valence-electron chi connectivity index (χ2n) is 3.84. The second-order valence-corrected chi connectivity index (χ2v) is 3.84. The molecule has 0 radical (unpaired) electrons. The minimum Gasteiger partial charge on any atom is -0.497 e. The van der Waals surface area contributed by atoms with Crippen LogP contribution in [-0.4, -0.2) is 18.2 Å².